The van der Waals surface area contributed by atoms with Gasteiger partial charge in [-0.1, -0.05) is 29.8 Å². The van der Waals surface area contributed by atoms with Gasteiger partial charge in [-0.3, -0.25) is 0 Å². The number of hydrogen-bond acceptors (Lipinski definition) is 3. The van der Waals surface area contributed by atoms with Crippen LogP contribution in [0.15, 0.2) is 24.3 Å². The summed E-state index contributed by atoms with van der Waals surface area (Å²) in [4.78, 5) is 4.40. The molecule has 0 amide bonds. The predicted octanol–water partition coefficient (Wildman–Crippen LogP) is 2.46. The van der Waals surface area contributed by atoms with E-state index in [9.17, 15) is 0 Å². The van der Waals surface area contributed by atoms with Gasteiger partial charge in [-0.2, -0.15) is 5.10 Å². The average Bonchev–Trinajstić information content (AvgIpc) is 2.23. The SMILES string of the molecule is Cc1ccc(-c2nnc(C)c(C)n2)cc1. The highest BCUT2D eigenvalue weighted by atomic mass is 15.2. The maximum Gasteiger partial charge on any atom is 0.181 e. The zero-order chi connectivity index (χ0) is 10.8. The molecule has 0 radical (unpaired) electrons. The number of hydrogen-bond donors (Lipinski definition) is 0. The largest absolute Gasteiger partial charge is 0.230 e. The number of aromatic nitrogens is 3. The fourth-order valence-electron chi connectivity index (χ4n) is 1.28. The molecule has 0 bridgehead atoms. The third-order valence-electron chi connectivity index (χ3n) is 2.40. The van der Waals surface area contributed by atoms with E-state index in [1.54, 1.807) is 0 Å². The summed E-state index contributed by atoms with van der Waals surface area (Å²) in [7, 11) is 0. The van der Waals surface area contributed by atoms with E-state index in [1.165, 1.54) is 5.56 Å². The van der Waals surface area contributed by atoms with Crippen molar-refractivity contribution in [2.75, 3.05) is 0 Å². The lowest BCUT2D eigenvalue weighted by Gasteiger charge is -2.02. The molecule has 0 aliphatic carbocycles. The Balaban J connectivity index is 2.45. The fraction of sp³-hybridized carbons (Fsp3) is 0.250. The van der Waals surface area contributed by atoms with Gasteiger partial charge in [-0.15, -0.1) is 5.10 Å². The summed E-state index contributed by atoms with van der Waals surface area (Å²) in [6.45, 7) is 5.92. The topological polar surface area (TPSA) is 38.7 Å². The summed E-state index contributed by atoms with van der Waals surface area (Å²) in [6.07, 6.45) is 0. The molecule has 2 aromatic rings. The molecule has 1 aromatic heterocycles. The smallest absolute Gasteiger partial charge is 0.181 e. The summed E-state index contributed by atoms with van der Waals surface area (Å²) in [5, 5.41) is 8.14. The quantitative estimate of drug-likeness (QED) is 0.708. The number of aryl methyl sites for hydroxylation is 3. The van der Waals surface area contributed by atoms with Crippen molar-refractivity contribution < 1.29 is 0 Å². The van der Waals surface area contributed by atoms with E-state index in [0.29, 0.717) is 5.82 Å². The molecule has 0 fully saturated rings. The van der Waals surface area contributed by atoms with Gasteiger partial charge in [-0.05, 0) is 20.8 Å². The van der Waals surface area contributed by atoms with Gasteiger partial charge in [0, 0.05) is 5.56 Å². The van der Waals surface area contributed by atoms with Gasteiger partial charge in [0.1, 0.15) is 0 Å². The standard InChI is InChI=1S/C12H13N3/c1-8-4-6-11(7-5-8)12-13-9(2)10(3)14-15-12/h4-7H,1-3H3. The van der Waals surface area contributed by atoms with E-state index in [0.717, 1.165) is 17.0 Å². The molecular formula is C12H13N3. The van der Waals surface area contributed by atoms with Gasteiger partial charge in [-0.25, -0.2) is 4.98 Å². The highest BCUT2D eigenvalue weighted by Crippen LogP contribution is 2.15. The first-order valence-corrected chi connectivity index (χ1v) is 4.92. The van der Waals surface area contributed by atoms with Gasteiger partial charge in [0.15, 0.2) is 5.82 Å². The summed E-state index contributed by atoms with van der Waals surface area (Å²) in [5.41, 5.74) is 4.05. The summed E-state index contributed by atoms with van der Waals surface area (Å²) in [6, 6.07) is 8.13. The van der Waals surface area contributed by atoms with Crippen LogP contribution in [0.5, 0.6) is 0 Å². The van der Waals surface area contributed by atoms with Crippen LogP contribution in [0.4, 0.5) is 0 Å². The third kappa shape index (κ3) is 2.01. The van der Waals surface area contributed by atoms with E-state index < -0.39 is 0 Å². The van der Waals surface area contributed by atoms with E-state index in [2.05, 4.69) is 22.1 Å². The minimum absolute atomic E-state index is 0.693. The molecule has 2 rings (SSSR count). The van der Waals surface area contributed by atoms with Crippen LogP contribution < -0.4 is 0 Å². The Morgan fingerprint density at radius 3 is 2.07 bits per heavy atom. The van der Waals surface area contributed by atoms with Crippen LogP contribution in [-0.2, 0) is 0 Å². The average molecular weight is 199 g/mol. The molecule has 0 aliphatic heterocycles. The first-order valence-electron chi connectivity index (χ1n) is 4.92. The molecule has 76 valence electrons. The molecule has 0 saturated heterocycles. The van der Waals surface area contributed by atoms with Crippen LogP contribution >= 0.6 is 0 Å². The minimum Gasteiger partial charge on any atom is -0.230 e. The first kappa shape index (κ1) is 9.77. The highest BCUT2D eigenvalue weighted by Gasteiger charge is 2.03. The molecule has 3 nitrogen and oxygen atoms in total. The van der Waals surface area contributed by atoms with Crippen LogP contribution in [0, 0.1) is 20.8 Å². The summed E-state index contributed by atoms with van der Waals surface area (Å²) in [5.74, 6) is 0.693. The Kier molecular flexibility index (Phi) is 2.46. The van der Waals surface area contributed by atoms with Crippen molar-refractivity contribution in [2.45, 2.75) is 20.8 Å². The first-order chi connectivity index (χ1) is 7.16. The van der Waals surface area contributed by atoms with E-state index in [4.69, 9.17) is 0 Å². The minimum atomic E-state index is 0.693. The van der Waals surface area contributed by atoms with Crippen molar-refractivity contribution in [2.24, 2.45) is 0 Å². The Labute approximate surface area is 89.2 Å². The van der Waals surface area contributed by atoms with Crippen molar-refractivity contribution >= 4 is 0 Å². The Morgan fingerprint density at radius 2 is 1.47 bits per heavy atom. The highest BCUT2D eigenvalue weighted by molar-refractivity contribution is 5.54. The number of nitrogens with zero attached hydrogens (tertiary/aromatic N) is 3. The monoisotopic (exact) mass is 199 g/mol. The van der Waals surface area contributed by atoms with Gasteiger partial charge in [0.2, 0.25) is 0 Å². The van der Waals surface area contributed by atoms with Crippen LogP contribution in [0.3, 0.4) is 0 Å². The molecule has 0 saturated carbocycles. The zero-order valence-corrected chi connectivity index (χ0v) is 9.15. The number of rotatable bonds is 1. The van der Waals surface area contributed by atoms with E-state index in [-0.39, 0.29) is 0 Å². The van der Waals surface area contributed by atoms with Crippen LogP contribution in [0.1, 0.15) is 17.0 Å². The molecule has 0 N–H and O–H groups in total. The molecule has 3 heteroatoms. The predicted molar refractivity (Wildman–Crippen MR) is 59.5 cm³/mol. The lowest BCUT2D eigenvalue weighted by Crippen LogP contribution is -1.98. The van der Waals surface area contributed by atoms with Gasteiger partial charge < -0.3 is 0 Å². The molecule has 15 heavy (non-hydrogen) atoms. The molecule has 0 unspecified atom stereocenters. The lowest BCUT2D eigenvalue weighted by molar-refractivity contribution is 0.905. The van der Waals surface area contributed by atoms with E-state index in [1.807, 2.05) is 38.1 Å². The Bertz CT molecular complexity index is 475. The summed E-state index contributed by atoms with van der Waals surface area (Å²) >= 11 is 0. The molecule has 1 heterocycles. The van der Waals surface area contributed by atoms with Crippen LogP contribution in [0.2, 0.25) is 0 Å². The van der Waals surface area contributed by atoms with Crippen molar-refractivity contribution in [3.05, 3.63) is 41.2 Å². The molecule has 0 aliphatic rings. The zero-order valence-electron chi connectivity index (χ0n) is 9.15. The Hall–Kier alpha value is -1.77. The van der Waals surface area contributed by atoms with Crippen molar-refractivity contribution in [1.82, 2.24) is 15.2 Å². The second-order valence-electron chi connectivity index (χ2n) is 3.67. The lowest BCUT2D eigenvalue weighted by atomic mass is 10.1. The van der Waals surface area contributed by atoms with E-state index >= 15 is 0 Å². The van der Waals surface area contributed by atoms with Crippen molar-refractivity contribution in [1.29, 1.82) is 0 Å². The van der Waals surface area contributed by atoms with Gasteiger partial charge in [0.05, 0.1) is 11.4 Å². The van der Waals surface area contributed by atoms with Crippen molar-refractivity contribution in [3.8, 4) is 11.4 Å². The summed E-state index contributed by atoms with van der Waals surface area (Å²) < 4.78 is 0. The molecular weight excluding hydrogens is 186 g/mol. The Morgan fingerprint density at radius 1 is 0.800 bits per heavy atom. The second kappa shape index (κ2) is 3.77. The normalized spacial score (nSPS) is 10.3. The molecule has 0 spiro atoms. The van der Waals surface area contributed by atoms with Crippen LogP contribution in [-0.4, -0.2) is 15.2 Å². The molecule has 0 atom stereocenters. The van der Waals surface area contributed by atoms with Gasteiger partial charge in [0.25, 0.3) is 0 Å². The second-order valence-corrected chi connectivity index (χ2v) is 3.67. The fourth-order valence-corrected chi connectivity index (χ4v) is 1.28. The third-order valence-corrected chi connectivity index (χ3v) is 2.40. The van der Waals surface area contributed by atoms with Crippen LogP contribution in [0.25, 0.3) is 11.4 Å². The number of benzene rings is 1. The van der Waals surface area contributed by atoms with Crippen molar-refractivity contribution in [3.63, 3.8) is 0 Å². The maximum absolute atomic E-state index is 4.40. The van der Waals surface area contributed by atoms with Gasteiger partial charge >= 0.3 is 0 Å². The maximum atomic E-state index is 4.40. The molecule has 1 aromatic carbocycles.